The molecule has 1 aromatic rings. The summed E-state index contributed by atoms with van der Waals surface area (Å²) in [7, 11) is -3.83. The lowest BCUT2D eigenvalue weighted by Crippen LogP contribution is -2.37. The molecule has 0 heterocycles. The van der Waals surface area contributed by atoms with Crippen LogP contribution < -0.4 is 4.72 Å². The molecule has 7 heteroatoms. The fourth-order valence-electron chi connectivity index (χ4n) is 1.30. The van der Waals surface area contributed by atoms with Crippen LogP contribution in [0, 0.1) is 28.6 Å². The van der Waals surface area contributed by atoms with Crippen molar-refractivity contribution in [2.75, 3.05) is 0 Å². The van der Waals surface area contributed by atoms with Crippen LogP contribution in [-0.4, -0.2) is 14.5 Å². The molecule has 1 aromatic carbocycles. The number of halogens is 1. The lowest BCUT2D eigenvalue weighted by molar-refractivity contribution is 0.515. The predicted octanol–water partition coefficient (Wildman–Crippen LogP) is 2.04. The van der Waals surface area contributed by atoms with Crippen molar-refractivity contribution in [3.8, 4) is 12.1 Å². The Balaban J connectivity index is 3.12. The Labute approximate surface area is 117 Å². The highest BCUT2D eigenvalue weighted by molar-refractivity contribution is 7.89. The predicted molar refractivity (Wildman–Crippen MR) is 70.7 cm³/mol. The summed E-state index contributed by atoms with van der Waals surface area (Å²) in [5, 5.41) is 17.7. The molecule has 19 heavy (non-hydrogen) atoms. The van der Waals surface area contributed by atoms with Gasteiger partial charge in [-0.2, -0.15) is 15.2 Å². The minimum Gasteiger partial charge on any atom is -0.207 e. The van der Waals surface area contributed by atoms with Crippen LogP contribution in [0.2, 0.25) is 5.02 Å². The molecule has 5 nitrogen and oxygen atoms in total. The number of sulfonamides is 1. The molecule has 0 saturated carbocycles. The van der Waals surface area contributed by atoms with E-state index in [1.165, 1.54) is 18.2 Å². The van der Waals surface area contributed by atoms with Crippen molar-refractivity contribution in [2.24, 2.45) is 5.92 Å². The molecular formula is C12H12ClN3O2S. The molecule has 0 bridgehead atoms. The van der Waals surface area contributed by atoms with Crippen molar-refractivity contribution < 1.29 is 8.42 Å². The summed E-state index contributed by atoms with van der Waals surface area (Å²) in [6.45, 7) is 3.48. The Morgan fingerprint density at radius 2 is 1.95 bits per heavy atom. The number of nitrogens with one attached hydrogen (secondary N) is 1. The second-order valence-electron chi connectivity index (χ2n) is 4.23. The van der Waals surface area contributed by atoms with Crippen LogP contribution in [-0.2, 0) is 10.0 Å². The first-order valence-corrected chi connectivity index (χ1v) is 7.29. The molecular weight excluding hydrogens is 286 g/mol. The molecule has 0 aliphatic heterocycles. The van der Waals surface area contributed by atoms with Crippen LogP contribution >= 0.6 is 11.6 Å². The average Bonchev–Trinajstić information content (AvgIpc) is 2.35. The van der Waals surface area contributed by atoms with Gasteiger partial charge in [-0.1, -0.05) is 25.4 Å². The number of hydrogen-bond acceptors (Lipinski definition) is 4. The zero-order valence-electron chi connectivity index (χ0n) is 10.4. The van der Waals surface area contributed by atoms with Crippen molar-refractivity contribution in [3.63, 3.8) is 0 Å². The molecule has 1 atom stereocenters. The third-order valence-electron chi connectivity index (χ3n) is 2.46. The highest BCUT2D eigenvalue weighted by atomic mass is 35.5. The maximum atomic E-state index is 12.1. The van der Waals surface area contributed by atoms with E-state index in [1.54, 1.807) is 13.8 Å². The third-order valence-corrected chi connectivity index (χ3v) is 4.21. The Morgan fingerprint density at radius 1 is 1.32 bits per heavy atom. The fourth-order valence-corrected chi connectivity index (χ4v) is 2.90. The summed E-state index contributed by atoms with van der Waals surface area (Å²) in [4.78, 5) is -0.0719. The van der Waals surface area contributed by atoms with Gasteiger partial charge in [-0.25, -0.2) is 8.42 Å². The number of nitriles is 2. The van der Waals surface area contributed by atoms with E-state index in [9.17, 15) is 8.42 Å². The van der Waals surface area contributed by atoms with Gasteiger partial charge in [0.05, 0.1) is 21.6 Å². The van der Waals surface area contributed by atoms with Crippen LogP contribution in [0.4, 0.5) is 0 Å². The van der Waals surface area contributed by atoms with Crippen LogP contribution in [0.1, 0.15) is 19.4 Å². The summed E-state index contributed by atoms with van der Waals surface area (Å²) in [5.74, 6) is -0.159. The number of rotatable bonds is 4. The quantitative estimate of drug-likeness (QED) is 0.920. The van der Waals surface area contributed by atoms with E-state index in [2.05, 4.69) is 4.72 Å². The van der Waals surface area contributed by atoms with Gasteiger partial charge in [-0.05, 0) is 24.1 Å². The topological polar surface area (TPSA) is 93.8 Å². The largest absolute Gasteiger partial charge is 0.241 e. The Kier molecular flexibility index (Phi) is 4.90. The van der Waals surface area contributed by atoms with Crippen molar-refractivity contribution in [2.45, 2.75) is 24.8 Å². The molecule has 0 fully saturated rings. The van der Waals surface area contributed by atoms with Crippen molar-refractivity contribution in [3.05, 3.63) is 28.8 Å². The Bertz CT molecular complexity index is 657. The monoisotopic (exact) mass is 297 g/mol. The molecule has 0 amide bonds. The Hall–Kier alpha value is -1.60. The molecule has 100 valence electrons. The lowest BCUT2D eigenvalue weighted by atomic mass is 10.1. The van der Waals surface area contributed by atoms with Gasteiger partial charge in [0, 0.05) is 0 Å². The second kappa shape index (κ2) is 6.03. The average molecular weight is 298 g/mol. The van der Waals surface area contributed by atoms with Gasteiger partial charge in [0.15, 0.2) is 0 Å². The van der Waals surface area contributed by atoms with Crippen molar-refractivity contribution >= 4 is 21.6 Å². The van der Waals surface area contributed by atoms with Gasteiger partial charge in [0.1, 0.15) is 12.1 Å². The summed E-state index contributed by atoms with van der Waals surface area (Å²) < 4.78 is 26.4. The first-order chi connectivity index (χ1) is 8.81. The van der Waals surface area contributed by atoms with Crippen molar-refractivity contribution in [1.82, 2.24) is 4.72 Å². The van der Waals surface area contributed by atoms with E-state index in [-0.39, 0.29) is 21.4 Å². The highest BCUT2D eigenvalue weighted by Gasteiger charge is 2.22. The van der Waals surface area contributed by atoms with Crippen molar-refractivity contribution in [1.29, 1.82) is 10.5 Å². The molecule has 0 saturated heterocycles. The van der Waals surface area contributed by atoms with Crippen LogP contribution in [0.25, 0.3) is 0 Å². The maximum absolute atomic E-state index is 12.1. The summed E-state index contributed by atoms with van der Waals surface area (Å²) >= 11 is 5.79. The first kappa shape index (κ1) is 15.5. The van der Waals surface area contributed by atoms with Gasteiger partial charge in [-0.3, -0.25) is 0 Å². The smallest absolute Gasteiger partial charge is 0.207 e. The van der Waals surface area contributed by atoms with Gasteiger partial charge in [0.2, 0.25) is 10.0 Å². The minimum absolute atomic E-state index is 0.0587. The maximum Gasteiger partial charge on any atom is 0.241 e. The summed E-state index contributed by atoms with van der Waals surface area (Å²) in [6.07, 6.45) is 0. The minimum atomic E-state index is -3.83. The molecule has 0 spiro atoms. The zero-order chi connectivity index (χ0) is 14.6. The molecule has 0 aromatic heterocycles. The number of nitrogens with zero attached hydrogens (tertiary/aromatic N) is 2. The van der Waals surface area contributed by atoms with Gasteiger partial charge < -0.3 is 0 Å². The Morgan fingerprint density at radius 3 is 2.37 bits per heavy atom. The lowest BCUT2D eigenvalue weighted by Gasteiger charge is -2.15. The third kappa shape index (κ3) is 3.68. The zero-order valence-corrected chi connectivity index (χ0v) is 12.0. The van der Waals surface area contributed by atoms with Crippen LogP contribution in [0.5, 0.6) is 0 Å². The van der Waals surface area contributed by atoms with E-state index >= 15 is 0 Å². The van der Waals surface area contributed by atoms with Crippen LogP contribution in [0.15, 0.2) is 23.1 Å². The van der Waals surface area contributed by atoms with E-state index in [1.807, 2.05) is 12.1 Å². The SMILES string of the molecule is CC(C)C(C#N)NS(=O)(=O)c1ccc(C#N)c(Cl)c1. The summed E-state index contributed by atoms with van der Waals surface area (Å²) in [6, 6.07) is 6.71. The number of hydrogen-bond donors (Lipinski definition) is 1. The normalized spacial score (nSPS) is 12.7. The first-order valence-electron chi connectivity index (χ1n) is 5.43. The molecule has 1 unspecified atom stereocenters. The van der Waals surface area contributed by atoms with Crippen LogP contribution in [0.3, 0.4) is 0 Å². The molecule has 1 N–H and O–H groups in total. The molecule has 0 aliphatic carbocycles. The number of benzene rings is 1. The standard InChI is InChI=1S/C12H12ClN3O2S/c1-8(2)12(7-15)16-19(17,18)10-4-3-9(6-14)11(13)5-10/h3-5,8,12,16H,1-2H3. The van der Waals surface area contributed by atoms with E-state index in [4.69, 9.17) is 22.1 Å². The highest BCUT2D eigenvalue weighted by Crippen LogP contribution is 2.20. The second-order valence-corrected chi connectivity index (χ2v) is 6.35. The van der Waals surface area contributed by atoms with E-state index in [0.717, 1.165) is 0 Å². The summed E-state index contributed by atoms with van der Waals surface area (Å²) in [5.41, 5.74) is 0.196. The van der Waals surface area contributed by atoms with Gasteiger partial charge in [-0.15, -0.1) is 0 Å². The fraction of sp³-hybridized carbons (Fsp3) is 0.333. The van der Waals surface area contributed by atoms with Gasteiger partial charge >= 0.3 is 0 Å². The molecule has 0 aliphatic rings. The van der Waals surface area contributed by atoms with Gasteiger partial charge in [0.25, 0.3) is 0 Å². The molecule has 1 rings (SSSR count). The van der Waals surface area contributed by atoms with E-state index < -0.39 is 16.1 Å². The van der Waals surface area contributed by atoms with E-state index in [0.29, 0.717) is 0 Å². The molecule has 0 radical (unpaired) electrons.